The molecular formula is C13H14N2O4. The molecule has 0 atom stereocenters. The lowest BCUT2D eigenvalue weighted by molar-refractivity contribution is 0.0538. The molecule has 1 N–H and O–H groups in total. The van der Waals surface area contributed by atoms with E-state index in [1.165, 1.54) is 6.26 Å². The van der Waals surface area contributed by atoms with Gasteiger partial charge in [-0.2, -0.15) is 0 Å². The van der Waals surface area contributed by atoms with Crippen molar-refractivity contribution in [1.29, 1.82) is 0 Å². The van der Waals surface area contributed by atoms with Crippen molar-refractivity contribution in [1.82, 2.24) is 10.1 Å². The Hall–Kier alpha value is -2.08. The second kappa shape index (κ2) is 4.89. The normalized spacial score (nSPS) is 16.8. The minimum Gasteiger partial charge on any atom is -0.461 e. The summed E-state index contributed by atoms with van der Waals surface area (Å²) in [4.78, 5) is 13.9. The van der Waals surface area contributed by atoms with Gasteiger partial charge in [-0.1, -0.05) is 5.16 Å². The molecule has 1 aliphatic heterocycles. The molecule has 1 saturated heterocycles. The fourth-order valence-electron chi connectivity index (χ4n) is 2.14. The SMILES string of the molecule is O=C(c1cc(-c2ccco2)on1)N1CCC(O)CC1. The molecular weight excluding hydrogens is 248 g/mol. The Morgan fingerprint density at radius 3 is 2.84 bits per heavy atom. The van der Waals surface area contributed by atoms with Gasteiger partial charge in [-0.15, -0.1) is 0 Å². The van der Waals surface area contributed by atoms with Crippen LogP contribution in [0.15, 0.2) is 33.4 Å². The van der Waals surface area contributed by atoms with Gasteiger partial charge in [0.25, 0.3) is 5.91 Å². The van der Waals surface area contributed by atoms with Crippen LogP contribution < -0.4 is 0 Å². The Morgan fingerprint density at radius 2 is 2.16 bits per heavy atom. The predicted molar refractivity (Wildman–Crippen MR) is 65.3 cm³/mol. The van der Waals surface area contributed by atoms with E-state index in [0.29, 0.717) is 37.5 Å². The number of aliphatic hydroxyl groups excluding tert-OH is 1. The highest BCUT2D eigenvalue weighted by molar-refractivity contribution is 5.93. The average molecular weight is 262 g/mol. The molecule has 3 heterocycles. The van der Waals surface area contributed by atoms with E-state index < -0.39 is 0 Å². The van der Waals surface area contributed by atoms with Gasteiger partial charge in [-0.25, -0.2) is 0 Å². The summed E-state index contributed by atoms with van der Waals surface area (Å²) >= 11 is 0. The first-order valence-corrected chi connectivity index (χ1v) is 6.22. The minimum absolute atomic E-state index is 0.173. The zero-order chi connectivity index (χ0) is 13.2. The van der Waals surface area contributed by atoms with E-state index in [1.54, 1.807) is 23.1 Å². The summed E-state index contributed by atoms with van der Waals surface area (Å²) in [6.45, 7) is 1.09. The largest absolute Gasteiger partial charge is 0.461 e. The van der Waals surface area contributed by atoms with Crippen molar-refractivity contribution < 1.29 is 18.8 Å². The molecule has 0 aromatic carbocycles. The fraction of sp³-hybridized carbons (Fsp3) is 0.385. The molecule has 100 valence electrons. The number of piperidine rings is 1. The molecule has 0 saturated carbocycles. The van der Waals surface area contributed by atoms with E-state index in [9.17, 15) is 9.90 Å². The molecule has 0 aliphatic carbocycles. The van der Waals surface area contributed by atoms with Gasteiger partial charge in [0.1, 0.15) is 0 Å². The summed E-state index contributed by atoms with van der Waals surface area (Å²) in [7, 11) is 0. The van der Waals surface area contributed by atoms with Gasteiger partial charge in [0, 0.05) is 19.2 Å². The number of amides is 1. The van der Waals surface area contributed by atoms with Crippen LogP contribution >= 0.6 is 0 Å². The van der Waals surface area contributed by atoms with Crippen molar-refractivity contribution in [3.63, 3.8) is 0 Å². The minimum atomic E-state index is -0.306. The number of furan rings is 1. The van der Waals surface area contributed by atoms with E-state index in [1.807, 2.05) is 0 Å². The van der Waals surface area contributed by atoms with E-state index in [2.05, 4.69) is 5.16 Å². The monoisotopic (exact) mass is 262 g/mol. The van der Waals surface area contributed by atoms with E-state index in [-0.39, 0.29) is 17.7 Å². The third-order valence-electron chi connectivity index (χ3n) is 3.24. The molecule has 2 aromatic rings. The first kappa shape index (κ1) is 12.0. The van der Waals surface area contributed by atoms with Gasteiger partial charge < -0.3 is 18.9 Å². The van der Waals surface area contributed by atoms with Gasteiger partial charge >= 0.3 is 0 Å². The molecule has 6 nitrogen and oxygen atoms in total. The number of nitrogens with zero attached hydrogens (tertiary/aromatic N) is 2. The van der Waals surface area contributed by atoms with Crippen molar-refractivity contribution in [3.8, 4) is 11.5 Å². The smallest absolute Gasteiger partial charge is 0.276 e. The Balaban J connectivity index is 1.74. The number of carbonyl (C=O) groups excluding carboxylic acids is 1. The van der Waals surface area contributed by atoms with Crippen LogP contribution in [-0.4, -0.2) is 40.3 Å². The Bertz CT molecular complexity index is 553. The Labute approximate surface area is 109 Å². The molecule has 1 fully saturated rings. The first-order valence-electron chi connectivity index (χ1n) is 6.22. The van der Waals surface area contributed by atoms with Crippen molar-refractivity contribution in [2.75, 3.05) is 13.1 Å². The van der Waals surface area contributed by atoms with Crippen molar-refractivity contribution in [2.45, 2.75) is 18.9 Å². The summed E-state index contributed by atoms with van der Waals surface area (Å²) < 4.78 is 10.3. The zero-order valence-corrected chi connectivity index (χ0v) is 10.3. The highest BCUT2D eigenvalue weighted by atomic mass is 16.5. The lowest BCUT2D eigenvalue weighted by Crippen LogP contribution is -2.40. The van der Waals surface area contributed by atoms with Crippen molar-refractivity contribution in [3.05, 3.63) is 30.2 Å². The van der Waals surface area contributed by atoms with Crippen LogP contribution in [0.5, 0.6) is 0 Å². The van der Waals surface area contributed by atoms with Crippen LogP contribution in [0.2, 0.25) is 0 Å². The summed E-state index contributed by atoms with van der Waals surface area (Å²) in [5, 5.41) is 13.2. The van der Waals surface area contributed by atoms with Crippen molar-refractivity contribution in [2.24, 2.45) is 0 Å². The highest BCUT2D eigenvalue weighted by Crippen LogP contribution is 2.22. The number of likely N-dealkylation sites (tertiary alicyclic amines) is 1. The molecule has 2 aromatic heterocycles. The van der Waals surface area contributed by atoms with Crippen LogP contribution in [0.1, 0.15) is 23.3 Å². The maximum Gasteiger partial charge on any atom is 0.276 e. The highest BCUT2D eigenvalue weighted by Gasteiger charge is 2.25. The number of aliphatic hydroxyl groups is 1. The van der Waals surface area contributed by atoms with E-state index in [4.69, 9.17) is 8.94 Å². The maximum atomic E-state index is 12.2. The second-order valence-electron chi connectivity index (χ2n) is 4.58. The summed E-state index contributed by atoms with van der Waals surface area (Å²) in [5.41, 5.74) is 0.266. The predicted octanol–water partition coefficient (Wildman–Crippen LogP) is 1.53. The molecule has 6 heteroatoms. The summed E-state index contributed by atoms with van der Waals surface area (Å²) in [5.74, 6) is 0.805. The molecule has 19 heavy (non-hydrogen) atoms. The molecule has 0 unspecified atom stereocenters. The number of hydrogen-bond acceptors (Lipinski definition) is 5. The molecule has 1 aliphatic rings. The van der Waals surface area contributed by atoms with Gasteiger partial charge in [-0.3, -0.25) is 4.79 Å². The van der Waals surface area contributed by atoms with Crippen LogP contribution in [-0.2, 0) is 0 Å². The fourth-order valence-corrected chi connectivity index (χ4v) is 2.14. The second-order valence-corrected chi connectivity index (χ2v) is 4.58. The number of hydrogen-bond donors (Lipinski definition) is 1. The standard InChI is InChI=1S/C13H14N2O4/c16-9-3-5-15(6-4-9)13(17)10-8-12(19-14-10)11-2-1-7-18-11/h1-2,7-9,16H,3-6H2. The van der Waals surface area contributed by atoms with Crippen LogP contribution in [0.4, 0.5) is 0 Å². The zero-order valence-electron chi connectivity index (χ0n) is 10.3. The lowest BCUT2D eigenvalue weighted by atomic mass is 10.1. The third kappa shape index (κ3) is 2.39. The molecule has 0 spiro atoms. The number of rotatable bonds is 2. The molecule has 3 rings (SSSR count). The lowest BCUT2D eigenvalue weighted by Gasteiger charge is -2.28. The summed E-state index contributed by atoms with van der Waals surface area (Å²) in [6, 6.07) is 5.06. The topological polar surface area (TPSA) is 79.7 Å². The van der Waals surface area contributed by atoms with Crippen LogP contribution in [0.3, 0.4) is 0 Å². The van der Waals surface area contributed by atoms with Gasteiger partial charge in [0.05, 0.1) is 12.4 Å². The average Bonchev–Trinajstić information content (AvgIpc) is 3.10. The van der Waals surface area contributed by atoms with Crippen molar-refractivity contribution >= 4 is 5.91 Å². The third-order valence-corrected chi connectivity index (χ3v) is 3.24. The molecule has 0 radical (unpaired) electrons. The Kier molecular flexibility index (Phi) is 3.08. The van der Waals surface area contributed by atoms with Crippen LogP contribution in [0, 0.1) is 0 Å². The van der Waals surface area contributed by atoms with Gasteiger partial charge in [-0.05, 0) is 25.0 Å². The van der Waals surface area contributed by atoms with Gasteiger partial charge in [0.15, 0.2) is 11.5 Å². The molecule has 0 bridgehead atoms. The summed E-state index contributed by atoms with van der Waals surface area (Å²) in [6.07, 6.45) is 2.44. The van der Waals surface area contributed by atoms with Gasteiger partial charge in [0.2, 0.25) is 5.76 Å². The van der Waals surface area contributed by atoms with Crippen LogP contribution in [0.25, 0.3) is 11.5 Å². The Morgan fingerprint density at radius 1 is 1.37 bits per heavy atom. The first-order chi connectivity index (χ1) is 9.24. The van der Waals surface area contributed by atoms with E-state index in [0.717, 1.165) is 0 Å². The quantitative estimate of drug-likeness (QED) is 0.887. The van der Waals surface area contributed by atoms with E-state index >= 15 is 0 Å². The number of aromatic nitrogens is 1. The number of carbonyl (C=O) groups is 1. The maximum absolute atomic E-state index is 12.2. The molecule has 1 amide bonds.